The van der Waals surface area contributed by atoms with E-state index < -0.39 is 0 Å². The van der Waals surface area contributed by atoms with Gasteiger partial charge in [-0.05, 0) is 24.6 Å². The Morgan fingerprint density at radius 2 is 2.16 bits per heavy atom. The predicted octanol–water partition coefficient (Wildman–Crippen LogP) is 2.63. The van der Waals surface area contributed by atoms with Gasteiger partial charge in [0, 0.05) is 41.8 Å². The molecule has 6 heteroatoms. The molecule has 3 heterocycles. The Morgan fingerprint density at radius 1 is 1.36 bits per heavy atom. The molecule has 1 amide bonds. The van der Waals surface area contributed by atoms with Crippen molar-refractivity contribution in [3.8, 4) is 11.3 Å². The molecule has 130 valence electrons. The lowest BCUT2D eigenvalue weighted by Gasteiger charge is -2.26. The van der Waals surface area contributed by atoms with Crippen molar-refractivity contribution in [2.24, 2.45) is 5.41 Å². The van der Waals surface area contributed by atoms with E-state index in [0.29, 0.717) is 5.69 Å². The SMILES string of the molecule is CN1CC(NC(=O)c2cc(-c3c[nH]c4ccccc34)n[nH]2)C(C)(C)C1. The van der Waals surface area contributed by atoms with E-state index >= 15 is 0 Å². The molecule has 1 unspecified atom stereocenters. The number of fused-ring (bicyclic) bond motifs is 1. The molecule has 0 spiro atoms. The minimum atomic E-state index is -0.105. The number of nitrogens with zero attached hydrogens (tertiary/aromatic N) is 2. The number of carbonyl (C=O) groups excluding carboxylic acids is 1. The van der Waals surface area contributed by atoms with Gasteiger partial charge in [-0.2, -0.15) is 5.10 Å². The van der Waals surface area contributed by atoms with Gasteiger partial charge < -0.3 is 15.2 Å². The van der Waals surface area contributed by atoms with Gasteiger partial charge >= 0.3 is 0 Å². The van der Waals surface area contributed by atoms with Gasteiger partial charge in [0.15, 0.2) is 0 Å². The maximum Gasteiger partial charge on any atom is 0.269 e. The van der Waals surface area contributed by atoms with Crippen LogP contribution in [-0.4, -0.2) is 52.2 Å². The highest BCUT2D eigenvalue weighted by molar-refractivity contribution is 5.97. The van der Waals surface area contributed by atoms with Gasteiger partial charge in [-0.3, -0.25) is 9.89 Å². The van der Waals surface area contributed by atoms with E-state index in [4.69, 9.17) is 0 Å². The Morgan fingerprint density at radius 3 is 2.92 bits per heavy atom. The van der Waals surface area contributed by atoms with Crippen LogP contribution in [-0.2, 0) is 0 Å². The second kappa shape index (κ2) is 5.74. The molecule has 0 aliphatic carbocycles. The maximum absolute atomic E-state index is 12.6. The minimum absolute atomic E-state index is 0.0596. The average Bonchev–Trinajstić information content (AvgIpc) is 3.24. The first kappa shape index (κ1) is 15.9. The smallest absolute Gasteiger partial charge is 0.269 e. The molecule has 2 aromatic heterocycles. The molecule has 1 saturated heterocycles. The van der Waals surface area contributed by atoms with Crippen LogP contribution in [0.4, 0.5) is 0 Å². The van der Waals surface area contributed by atoms with Crippen LogP contribution in [0.15, 0.2) is 36.5 Å². The van der Waals surface area contributed by atoms with Gasteiger partial charge in [-0.1, -0.05) is 32.0 Å². The molecule has 1 aromatic carbocycles. The summed E-state index contributed by atoms with van der Waals surface area (Å²) in [7, 11) is 2.08. The minimum Gasteiger partial charge on any atom is -0.360 e. The van der Waals surface area contributed by atoms with Crippen LogP contribution in [0.25, 0.3) is 22.2 Å². The van der Waals surface area contributed by atoms with Crippen molar-refractivity contribution >= 4 is 16.8 Å². The van der Waals surface area contributed by atoms with E-state index in [9.17, 15) is 4.79 Å². The molecule has 3 N–H and O–H groups in total. The first-order chi connectivity index (χ1) is 11.9. The maximum atomic E-state index is 12.6. The summed E-state index contributed by atoms with van der Waals surface area (Å²) < 4.78 is 0. The van der Waals surface area contributed by atoms with Crippen molar-refractivity contribution in [1.82, 2.24) is 25.4 Å². The van der Waals surface area contributed by atoms with Crippen molar-refractivity contribution < 1.29 is 4.79 Å². The molecule has 1 aliphatic rings. The average molecular weight is 337 g/mol. The molecule has 0 saturated carbocycles. The van der Waals surface area contributed by atoms with Crippen LogP contribution in [0, 0.1) is 5.41 Å². The summed E-state index contributed by atoms with van der Waals surface area (Å²) in [4.78, 5) is 18.1. The fraction of sp³-hybridized carbons (Fsp3) is 0.368. The van der Waals surface area contributed by atoms with Crippen LogP contribution >= 0.6 is 0 Å². The van der Waals surface area contributed by atoms with Crippen LogP contribution in [0.1, 0.15) is 24.3 Å². The number of aromatic amines is 2. The summed E-state index contributed by atoms with van der Waals surface area (Å²) >= 11 is 0. The lowest BCUT2D eigenvalue weighted by atomic mass is 9.88. The second-order valence-corrected chi connectivity index (χ2v) is 7.63. The van der Waals surface area contributed by atoms with Crippen LogP contribution in [0.2, 0.25) is 0 Å². The van der Waals surface area contributed by atoms with Gasteiger partial charge in [0.05, 0.1) is 5.69 Å². The van der Waals surface area contributed by atoms with Crippen molar-refractivity contribution in [2.45, 2.75) is 19.9 Å². The third kappa shape index (κ3) is 2.82. The number of likely N-dealkylation sites (N-methyl/N-ethyl adjacent to an activating group) is 1. The fourth-order valence-electron chi connectivity index (χ4n) is 3.77. The molecule has 6 nitrogen and oxygen atoms in total. The van der Waals surface area contributed by atoms with Gasteiger partial charge in [-0.25, -0.2) is 0 Å². The standard InChI is InChI=1S/C19H23N5O/c1-19(2)11-24(3)10-17(19)21-18(25)16-8-15(22-23-16)13-9-20-14-7-5-4-6-12(13)14/h4-9,17,20H,10-11H2,1-3H3,(H,21,25)(H,22,23). The second-order valence-electron chi connectivity index (χ2n) is 7.63. The van der Waals surface area contributed by atoms with Crippen molar-refractivity contribution in [1.29, 1.82) is 0 Å². The van der Waals surface area contributed by atoms with Gasteiger partial charge in [0.25, 0.3) is 5.91 Å². The zero-order valence-corrected chi connectivity index (χ0v) is 14.8. The van der Waals surface area contributed by atoms with Crippen molar-refractivity contribution in [3.63, 3.8) is 0 Å². The van der Waals surface area contributed by atoms with Gasteiger partial charge in [0.2, 0.25) is 0 Å². The third-order valence-electron chi connectivity index (χ3n) is 5.11. The topological polar surface area (TPSA) is 76.8 Å². The number of amides is 1. The lowest BCUT2D eigenvalue weighted by molar-refractivity contribution is 0.0911. The summed E-state index contributed by atoms with van der Waals surface area (Å²) in [5.41, 5.74) is 3.37. The predicted molar refractivity (Wildman–Crippen MR) is 98.4 cm³/mol. The summed E-state index contributed by atoms with van der Waals surface area (Å²) in [5, 5.41) is 11.5. The molecule has 0 bridgehead atoms. The highest BCUT2D eigenvalue weighted by Crippen LogP contribution is 2.29. The number of H-pyrrole nitrogens is 2. The normalized spacial score (nSPS) is 20.2. The molecule has 1 aliphatic heterocycles. The van der Waals surface area contributed by atoms with Gasteiger partial charge in [-0.15, -0.1) is 0 Å². The number of rotatable bonds is 3. The van der Waals surface area contributed by atoms with Crippen LogP contribution in [0.5, 0.6) is 0 Å². The lowest BCUT2D eigenvalue weighted by Crippen LogP contribution is -2.44. The van der Waals surface area contributed by atoms with Crippen LogP contribution < -0.4 is 5.32 Å². The molecule has 4 rings (SSSR count). The first-order valence-corrected chi connectivity index (χ1v) is 8.55. The number of benzene rings is 1. The highest BCUT2D eigenvalue weighted by Gasteiger charge is 2.38. The quantitative estimate of drug-likeness (QED) is 0.687. The number of aromatic nitrogens is 3. The number of para-hydroxylation sites is 1. The molecular formula is C19H23N5O. The zero-order chi connectivity index (χ0) is 17.6. The number of hydrogen-bond acceptors (Lipinski definition) is 3. The first-order valence-electron chi connectivity index (χ1n) is 8.55. The molecular weight excluding hydrogens is 314 g/mol. The molecule has 0 radical (unpaired) electrons. The molecule has 1 fully saturated rings. The number of carbonyl (C=O) groups is 1. The van der Waals surface area contributed by atoms with Crippen LogP contribution in [0.3, 0.4) is 0 Å². The Hall–Kier alpha value is -2.60. The summed E-state index contributed by atoms with van der Waals surface area (Å²) in [6, 6.07) is 10.0. The van der Waals surface area contributed by atoms with Gasteiger partial charge in [0.1, 0.15) is 5.69 Å². The molecule has 25 heavy (non-hydrogen) atoms. The monoisotopic (exact) mass is 337 g/mol. The van der Waals surface area contributed by atoms with Crippen molar-refractivity contribution in [2.75, 3.05) is 20.1 Å². The molecule has 3 aromatic rings. The Balaban J connectivity index is 1.56. The highest BCUT2D eigenvalue weighted by atomic mass is 16.2. The largest absolute Gasteiger partial charge is 0.360 e. The summed E-state index contributed by atoms with van der Waals surface area (Å²) in [6.45, 7) is 6.21. The van der Waals surface area contributed by atoms with E-state index in [-0.39, 0.29) is 17.4 Å². The van der Waals surface area contributed by atoms with E-state index in [1.54, 1.807) is 0 Å². The molecule has 1 atom stereocenters. The Bertz CT molecular complexity index is 923. The summed E-state index contributed by atoms with van der Waals surface area (Å²) in [6.07, 6.45) is 1.93. The Labute approximate surface area is 146 Å². The number of hydrogen-bond donors (Lipinski definition) is 3. The Kier molecular flexibility index (Phi) is 3.65. The third-order valence-corrected chi connectivity index (χ3v) is 5.11. The number of nitrogens with one attached hydrogen (secondary N) is 3. The number of likely N-dealkylation sites (tertiary alicyclic amines) is 1. The van der Waals surface area contributed by atoms with E-state index in [2.05, 4.69) is 46.3 Å². The van der Waals surface area contributed by atoms with E-state index in [1.807, 2.05) is 36.5 Å². The fourth-order valence-corrected chi connectivity index (χ4v) is 3.77. The van der Waals surface area contributed by atoms with Crippen molar-refractivity contribution in [3.05, 3.63) is 42.2 Å². The van der Waals surface area contributed by atoms with E-state index in [0.717, 1.165) is 35.2 Å². The summed E-state index contributed by atoms with van der Waals surface area (Å²) in [5.74, 6) is -0.105. The van der Waals surface area contributed by atoms with E-state index in [1.165, 1.54) is 0 Å². The zero-order valence-electron chi connectivity index (χ0n) is 14.8.